The Morgan fingerprint density at radius 2 is 2.11 bits per heavy atom. The van der Waals surface area contributed by atoms with Crippen molar-refractivity contribution in [3.05, 3.63) is 28.8 Å². The molecule has 0 aromatic heterocycles. The van der Waals surface area contributed by atoms with Crippen molar-refractivity contribution >= 4 is 23.2 Å². The summed E-state index contributed by atoms with van der Waals surface area (Å²) in [6.45, 7) is 0.748. The molecular weight excluding hydrogens is 269 g/mol. The van der Waals surface area contributed by atoms with Crippen molar-refractivity contribution < 1.29 is 4.74 Å². The zero-order chi connectivity index (χ0) is 13.0. The highest BCUT2D eigenvalue weighted by Gasteiger charge is 2.22. The summed E-state index contributed by atoms with van der Waals surface area (Å²) < 4.78 is 5.34. The second kappa shape index (κ2) is 6.65. The van der Waals surface area contributed by atoms with Crippen molar-refractivity contribution in [2.24, 2.45) is 0 Å². The summed E-state index contributed by atoms with van der Waals surface area (Å²) in [5, 5.41) is 4.49. The molecule has 0 heterocycles. The van der Waals surface area contributed by atoms with E-state index in [2.05, 4.69) is 5.32 Å². The van der Waals surface area contributed by atoms with Gasteiger partial charge in [0.25, 0.3) is 0 Å². The van der Waals surface area contributed by atoms with Crippen molar-refractivity contribution in [3.63, 3.8) is 0 Å². The predicted octanol–water partition coefficient (Wildman–Crippen LogP) is 3.99. The average molecular weight is 288 g/mol. The highest BCUT2D eigenvalue weighted by molar-refractivity contribution is 6.30. The minimum atomic E-state index is 0.240. The van der Waals surface area contributed by atoms with Gasteiger partial charge in [0.05, 0.1) is 7.11 Å². The van der Waals surface area contributed by atoms with Crippen LogP contribution in [0.25, 0.3) is 0 Å². The lowest BCUT2D eigenvalue weighted by Gasteiger charge is -2.28. The van der Waals surface area contributed by atoms with Crippen LogP contribution in [-0.2, 0) is 6.54 Å². The first-order chi connectivity index (χ1) is 8.70. The quantitative estimate of drug-likeness (QED) is 0.846. The van der Waals surface area contributed by atoms with Crippen molar-refractivity contribution in [1.29, 1.82) is 0 Å². The molecule has 1 aliphatic rings. The molecule has 1 fully saturated rings. The minimum absolute atomic E-state index is 0.240. The van der Waals surface area contributed by atoms with Gasteiger partial charge in [0.15, 0.2) is 0 Å². The molecule has 1 saturated carbocycles. The topological polar surface area (TPSA) is 21.3 Å². The maximum absolute atomic E-state index is 6.33. The summed E-state index contributed by atoms with van der Waals surface area (Å²) in [7, 11) is 1.68. The van der Waals surface area contributed by atoms with E-state index in [0.29, 0.717) is 6.04 Å². The van der Waals surface area contributed by atoms with Crippen LogP contribution in [0.5, 0.6) is 5.75 Å². The Bertz CT molecular complexity index is 397. The number of ether oxygens (including phenoxy) is 1. The Hall–Kier alpha value is -0.440. The first-order valence-electron chi connectivity index (χ1n) is 6.40. The molecule has 2 unspecified atom stereocenters. The molecule has 0 radical (unpaired) electrons. The van der Waals surface area contributed by atoms with E-state index < -0.39 is 0 Å². The summed E-state index contributed by atoms with van der Waals surface area (Å²) >= 11 is 12.3. The molecule has 2 rings (SSSR count). The molecule has 0 amide bonds. The van der Waals surface area contributed by atoms with E-state index in [1.807, 2.05) is 18.2 Å². The summed E-state index contributed by atoms with van der Waals surface area (Å²) in [5.74, 6) is 0.869. The maximum atomic E-state index is 6.33. The van der Waals surface area contributed by atoms with Gasteiger partial charge >= 0.3 is 0 Å². The Kier molecular flexibility index (Phi) is 5.16. The summed E-state index contributed by atoms with van der Waals surface area (Å²) in [6.07, 6.45) is 4.75. The SMILES string of the molecule is COc1ccc(Cl)cc1CNC1CCCCC1Cl. The number of halogens is 2. The number of hydrogen-bond acceptors (Lipinski definition) is 2. The number of benzene rings is 1. The van der Waals surface area contributed by atoms with Gasteiger partial charge in [-0.2, -0.15) is 0 Å². The summed E-state index contributed by atoms with van der Waals surface area (Å²) in [4.78, 5) is 0. The fraction of sp³-hybridized carbons (Fsp3) is 0.571. The molecule has 1 N–H and O–H groups in total. The van der Waals surface area contributed by atoms with Crippen LogP contribution in [0.4, 0.5) is 0 Å². The smallest absolute Gasteiger partial charge is 0.123 e. The Balaban J connectivity index is 1.98. The zero-order valence-electron chi connectivity index (χ0n) is 10.6. The Labute approximate surface area is 119 Å². The van der Waals surface area contributed by atoms with E-state index in [0.717, 1.165) is 35.7 Å². The van der Waals surface area contributed by atoms with Gasteiger partial charge in [-0.1, -0.05) is 24.4 Å². The summed E-state index contributed by atoms with van der Waals surface area (Å²) in [6, 6.07) is 6.08. The van der Waals surface area contributed by atoms with E-state index in [4.69, 9.17) is 27.9 Å². The molecule has 1 aliphatic carbocycles. The van der Waals surface area contributed by atoms with E-state index in [-0.39, 0.29) is 5.38 Å². The van der Waals surface area contributed by atoms with Crippen LogP contribution in [0, 0.1) is 0 Å². The molecule has 1 aromatic rings. The fourth-order valence-corrected chi connectivity index (χ4v) is 3.01. The van der Waals surface area contributed by atoms with Crippen LogP contribution in [0.2, 0.25) is 5.02 Å². The molecule has 0 spiro atoms. The lowest BCUT2D eigenvalue weighted by Crippen LogP contribution is -2.38. The van der Waals surface area contributed by atoms with Gasteiger partial charge in [-0.05, 0) is 31.0 Å². The molecular formula is C14H19Cl2NO. The highest BCUT2D eigenvalue weighted by Crippen LogP contribution is 2.26. The van der Waals surface area contributed by atoms with Crippen molar-refractivity contribution in [3.8, 4) is 5.75 Å². The van der Waals surface area contributed by atoms with Crippen LogP contribution in [0.3, 0.4) is 0 Å². The number of rotatable bonds is 4. The van der Waals surface area contributed by atoms with Gasteiger partial charge in [0.2, 0.25) is 0 Å². The van der Waals surface area contributed by atoms with E-state index in [1.165, 1.54) is 12.8 Å². The van der Waals surface area contributed by atoms with Crippen LogP contribution in [0.1, 0.15) is 31.2 Å². The lowest BCUT2D eigenvalue weighted by atomic mass is 9.95. The minimum Gasteiger partial charge on any atom is -0.496 e. The van der Waals surface area contributed by atoms with Gasteiger partial charge in [0.1, 0.15) is 5.75 Å². The maximum Gasteiger partial charge on any atom is 0.123 e. The molecule has 1 aromatic carbocycles. The number of methoxy groups -OCH3 is 1. The van der Waals surface area contributed by atoms with Gasteiger partial charge < -0.3 is 10.1 Å². The summed E-state index contributed by atoms with van der Waals surface area (Å²) in [5.41, 5.74) is 1.08. The monoisotopic (exact) mass is 287 g/mol. The van der Waals surface area contributed by atoms with Gasteiger partial charge in [-0.25, -0.2) is 0 Å². The molecule has 4 heteroatoms. The first kappa shape index (κ1) is 14.0. The number of nitrogens with one attached hydrogen (secondary N) is 1. The van der Waals surface area contributed by atoms with E-state index >= 15 is 0 Å². The van der Waals surface area contributed by atoms with Crippen LogP contribution in [-0.4, -0.2) is 18.5 Å². The third-order valence-electron chi connectivity index (χ3n) is 3.48. The third-order valence-corrected chi connectivity index (χ3v) is 4.24. The molecule has 0 saturated heterocycles. The molecule has 2 nitrogen and oxygen atoms in total. The first-order valence-corrected chi connectivity index (χ1v) is 7.22. The molecule has 2 atom stereocenters. The number of alkyl halides is 1. The van der Waals surface area contributed by atoms with Crippen molar-refractivity contribution in [1.82, 2.24) is 5.32 Å². The number of hydrogen-bond donors (Lipinski definition) is 1. The van der Waals surface area contributed by atoms with Crippen LogP contribution >= 0.6 is 23.2 Å². The Morgan fingerprint density at radius 3 is 2.83 bits per heavy atom. The Morgan fingerprint density at radius 1 is 1.33 bits per heavy atom. The standard InChI is InChI=1S/C14H19Cl2NO/c1-18-14-7-6-11(15)8-10(14)9-17-13-5-3-2-4-12(13)16/h6-8,12-13,17H,2-5,9H2,1H3. The third kappa shape index (κ3) is 3.53. The second-order valence-electron chi connectivity index (χ2n) is 4.74. The van der Waals surface area contributed by atoms with Crippen molar-refractivity contribution in [2.45, 2.75) is 43.6 Å². The fourth-order valence-electron chi connectivity index (χ4n) is 2.44. The largest absolute Gasteiger partial charge is 0.496 e. The van der Waals surface area contributed by atoms with Gasteiger partial charge in [-0.15, -0.1) is 11.6 Å². The van der Waals surface area contributed by atoms with Crippen LogP contribution < -0.4 is 10.1 Å². The average Bonchev–Trinajstić information content (AvgIpc) is 2.38. The lowest BCUT2D eigenvalue weighted by molar-refractivity contribution is 0.370. The van der Waals surface area contributed by atoms with Crippen LogP contribution in [0.15, 0.2) is 18.2 Å². The highest BCUT2D eigenvalue weighted by atomic mass is 35.5. The molecule has 0 aliphatic heterocycles. The second-order valence-corrected chi connectivity index (χ2v) is 5.74. The van der Waals surface area contributed by atoms with Gasteiger partial charge in [0, 0.05) is 28.5 Å². The normalized spacial score (nSPS) is 23.9. The van der Waals surface area contributed by atoms with Crippen molar-refractivity contribution in [2.75, 3.05) is 7.11 Å². The zero-order valence-corrected chi connectivity index (χ0v) is 12.1. The van der Waals surface area contributed by atoms with Gasteiger partial charge in [-0.3, -0.25) is 0 Å². The molecule has 0 bridgehead atoms. The molecule has 100 valence electrons. The van der Waals surface area contributed by atoms with E-state index in [9.17, 15) is 0 Å². The predicted molar refractivity (Wildman–Crippen MR) is 76.7 cm³/mol. The van der Waals surface area contributed by atoms with E-state index in [1.54, 1.807) is 7.11 Å². The molecule has 18 heavy (non-hydrogen) atoms.